The fourth-order valence-electron chi connectivity index (χ4n) is 1.35. The van der Waals surface area contributed by atoms with E-state index in [4.69, 9.17) is 12.7 Å². The molecule has 0 saturated carbocycles. The Morgan fingerprint density at radius 1 is 0.875 bits per heavy atom. The average molecular weight is 206 g/mol. The second-order valence-electron chi connectivity index (χ2n) is 3.30. The summed E-state index contributed by atoms with van der Waals surface area (Å²) < 4.78 is 5.65. The van der Waals surface area contributed by atoms with Gasteiger partial charge >= 0.3 is 0 Å². The maximum absolute atomic E-state index is 5.65. The third-order valence-corrected chi connectivity index (χ3v) is 2.11. The summed E-state index contributed by atoms with van der Waals surface area (Å²) in [5.41, 5.74) is 1.00. The van der Waals surface area contributed by atoms with Gasteiger partial charge in [0.15, 0.2) is 7.98 Å². The van der Waals surface area contributed by atoms with Crippen molar-refractivity contribution < 1.29 is 4.74 Å². The van der Waals surface area contributed by atoms with Crippen LogP contribution in [-0.2, 0) is 0 Å². The van der Waals surface area contributed by atoms with Crippen LogP contribution in [0.1, 0.15) is 0 Å². The molecule has 0 atom stereocenters. The van der Waals surface area contributed by atoms with Crippen LogP contribution in [0.25, 0.3) is 0 Å². The van der Waals surface area contributed by atoms with Crippen LogP contribution < -0.4 is 15.3 Å². The molecular weight excluding hydrogens is 196 g/mol. The van der Waals surface area contributed by atoms with Crippen LogP contribution in [-0.4, -0.2) is 15.4 Å². The summed E-state index contributed by atoms with van der Waals surface area (Å²) in [6.45, 7) is 0. The minimum atomic E-state index is 0.806. The van der Waals surface area contributed by atoms with E-state index in [0.29, 0.717) is 0 Å². The van der Waals surface area contributed by atoms with Crippen molar-refractivity contribution in [2.24, 2.45) is 0 Å². The molecule has 0 bridgehead atoms. The number of hydrogen-bond acceptors (Lipinski definition) is 2. The number of benzene rings is 2. The molecule has 0 saturated heterocycles. The molecule has 75 valence electrons. The van der Waals surface area contributed by atoms with E-state index in [1.165, 1.54) is 0 Å². The van der Waals surface area contributed by atoms with Crippen molar-refractivity contribution in [3.05, 3.63) is 54.6 Å². The third-order valence-electron chi connectivity index (χ3n) is 2.11. The number of ether oxygens (including phenoxy) is 1. The van der Waals surface area contributed by atoms with E-state index >= 15 is 0 Å². The topological polar surface area (TPSA) is 21.3 Å². The quantitative estimate of drug-likeness (QED) is 0.763. The van der Waals surface area contributed by atoms with Crippen molar-refractivity contribution in [1.29, 1.82) is 0 Å². The van der Waals surface area contributed by atoms with Gasteiger partial charge in [0.25, 0.3) is 0 Å². The first kappa shape index (κ1) is 10.8. The summed E-state index contributed by atoms with van der Waals surface area (Å²) in [7, 11) is 6.90. The molecular formula is C12H10B2NO. The van der Waals surface area contributed by atoms with E-state index in [0.717, 1.165) is 17.0 Å². The average Bonchev–Trinajstić information content (AvgIpc) is 2.33. The third kappa shape index (κ3) is 2.91. The van der Waals surface area contributed by atoms with Gasteiger partial charge in [-0.15, -0.1) is 0 Å². The van der Waals surface area contributed by atoms with Crippen LogP contribution in [0.5, 0.6) is 11.5 Å². The molecule has 0 unspecified atom stereocenters. The molecule has 2 aromatic rings. The van der Waals surface area contributed by atoms with Crippen molar-refractivity contribution >= 4 is 20.9 Å². The maximum atomic E-state index is 5.65. The first-order chi connectivity index (χ1) is 7.88. The molecule has 2 nitrogen and oxygen atoms in total. The molecule has 4 heteroatoms. The first-order valence-corrected chi connectivity index (χ1v) is 5.01. The minimum Gasteiger partial charge on any atom is -0.457 e. The summed E-state index contributed by atoms with van der Waals surface area (Å²) in [5, 5.41) is 2.49. The lowest BCUT2D eigenvalue weighted by atomic mass is 9.81. The molecule has 0 aromatic heterocycles. The molecule has 0 spiro atoms. The zero-order chi connectivity index (χ0) is 11.2. The zero-order valence-corrected chi connectivity index (χ0v) is 8.76. The molecule has 3 radical (unpaired) electrons. The Balaban J connectivity index is 2.05. The van der Waals surface area contributed by atoms with Crippen molar-refractivity contribution in [2.75, 3.05) is 0 Å². The van der Waals surface area contributed by atoms with E-state index < -0.39 is 0 Å². The Hall–Kier alpha value is -1.67. The van der Waals surface area contributed by atoms with Gasteiger partial charge in [0.2, 0.25) is 7.41 Å². The largest absolute Gasteiger partial charge is 0.457 e. The molecule has 2 rings (SSSR count). The Kier molecular flexibility index (Phi) is 3.67. The van der Waals surface area contributed by atoms with Gasteiger partial charge < -0.3 is 9.88 Å². The van der Waals surface area contributed by atoms with Crippen molar-refractivity contribution in [1.82, 2.24) is 5.14 Å². The van der Waals surface area contributed by atoms with Gasteiger partial charge in [-0.2, -0.15) is 0 Å². The smallest absolute Gasteiger partial charge is 0.231 e. The lowest BCUT2D eigenvalue weighted by Gasteiger charge is -2.05. The normalized spacial score (nSPS) is 9.75. The highest BCUT2D eigenvalue weighted by atomic mass is 16.5. The second kappa shape index (κ2) is 5.42. The lowest BCUT2D eigenvalue weighted by molar-refractivity contribution is 0.483. The predicted octanol–water partition coefficient (Wildman–Crippen LogP) is 1.40. The van der Waals surface area contributed by atoms with Crippen LogP contribution >= 0.6 is 0 Å². The molecule has 0 heterocycles. The molecule has 0 fully saturated rings. The fourth-order valence-corrected chi connectivity index (χ4v) is 1.35. The molecule has 2 aromatic carbocycles. The van der Waals surface area contributed by atoms with E-state index in [2.05, 4.69) is 5.14 Å². The van der Waals surface area contributed by atoms with Crippen LogP contribution in [0, 0.1) is 0 Å². The summed E-state index contributed by atoms with van der Waals surface area (Å²) in [6.07, 6.45) is 0. The first-order valence-electron chi connectivity index (χ1n) is 5.01. The van der Waals surface area contributed by atoms with E-state index in [1.807, 2.05) is 54.6 Å². The van der Waals surface area contributed by atoms with Gasteiger partial charge in [-0.25, -0.2) is 0 Å². The number of hydrogen-bond donors (Lipinski definition) is 1. The van der Waals surface area contributed by atoms with E-state index in [1.54, 1.807) is 7.41 Å². The monoisotopic (exact) mass is 206 g/mol. The highest BCUT2D eigenvalue weighted by Gasteiger charge is 1.97. The summed E-state index contributed by atoms with van der Waals surface area (Å²) >= 11 is 0. The minimum absolute atomic E-state index is 0.806. The van der Waals surface area contributed by atoms with Crippen LogP contribution in [0.3, 0.4) is 0 Å². The fraction of sp³-hybridized carbons (Fsp3) is 0. The molecule has 0 amide bonds. The van der Waals surface area contributed by atoms with Gasteiger partial charge in [0.05, 0.1) is 0 Å². The Morgan fingerprint density at radius 3 is 2.12 bits per heavy atom. The van der Waals surface area contributed by atoms with Crippen LogP contribution in [0.2, 0.25) is 0 Å². The van der Waals surface area contributed by atoms with Crippen LogP contribution in [0.4, 0.5) is 0 Å². The number of rotatable bonds is 4. The van der Waals surface area contributed by atoms with Crippen molar-refractivity contribution in [3.63, 3.8) is 0 Å². The van der Waals surface area contributed by atoms with Crippen LogP contribution in [0.15, 0.2) is 54.6 Å². The van der Waals surface area contributed by atoms with Gasteiger partial charge in [0, 0.05) is 0 Å². The number of nitrogens with one attached hydrogen (secondary N) is 1. The molecule has 0 aliphatic heterocycles. The van der Waals surface area contributed by atoms with Crippen molar-refractivity contribution in [3.8, 4) is 11.5 Å². The van der Waals surface area contributed by atoms with Gasteiger partial charge in [-0.3, -0.25) is 0 Å². The summed E-state index contributed by atoms with van der Waals surface area (Å²) in [4.78, 5) is 0. The van der Waals surface area contributed by atoms with E-state index in [9.17, 15) is 0 Å². The second-order valence-corrected chi connectivity index (χ2v) is 3.30. The molecule has 1 N–H and O–H groups in total. The Labute approximate surface area is 97.3 Å². The molecule has 0 aliphatic carbocycles. The van der Waals surface area contributed by atoms with E-state index in [-0.39, 0.29) is 0 Å². The SMILES string of the molecule is [B]N[B]c1ccc(Oc2ccccc2)cc1. The summed E-state index contributed by atoms with van der Waals surface area (Å²) in [6, 6.07) is 17.3. The van der Waals surface area contributed by atoms with Crippen molar-refractivity contribution in [2.45, 2.75) is 0 Å². The standard InChI is InChI=1S/C12H10B2NO/c13-15-14-10-6-8-12(9-7-10)16-11-4-2-1-3-5-11/h1-9,15H. The van der Waals surface area contributed by atoms with Gasteiger partial charge in [-0.1, -0.05) is 35.8 Å². The number of para-hydroxylation sites is 1. The molecule has 0 aliphatic rings. The summed E-state index contributed by atoms with van der Waals surface area (Å²) in [5.74, 6) is 1.64. The Morgan fingerprint density at radius 2 is 1.50 bits per heavy atom. The molecule has 16 heavy (non-hydrogen) atoms. The Bertz CT molecular complexity index is 431. The van der Waals surface area contributed by atoms with Gasteiger partial charge in [-0.05, 0) is 24.3 Å². The highest BCUT2D eigenvalue weighted by molar-refractivity contribution is 6.56. The predicted molar refractivity (Wildman–Crippen MR) is 67.2 cm³/mol. The lowest BCUT2D eigenvalue weighted by Crippen LogP contribution is -2.27. The highest BCUT2D eigenvalue weighted by Crippen LogP contribution is 2.19. The van der Waals surface area contributed by atoms with Gasteiger partial charge in [0.1, 0.15) is 11.5 Å². The maximum Gasteiger partial charge on any atom is 0.231 e. The zero-order valence-electron chi connectivity index (χ0n) is 8.76.